The van der Waals surface area contributed by atoms with Gasteiger partial charge in [0.25, 0.3) is 5.91 Å². The van der Waals surface area contributed by atoms with Gasteiger partial charge in [0.1, 0.15) is 11.5 Å². The molecule has 0 bridgehead atoms. The number of phenolic OH excluding ortho intramolecular Hbond substituents is 1. The summed E-state index contributed by atoms with van der Waals surface area (Å²) >= 11 is 6.11. The highest BCUT2D eigenvalue weighted by atomic mass is 35.5. The van der Waals surface area contributed by atoms with Crippen LogP contribution in [-0.2, 0) is 6.54 Å². The van der Waals surface area contributed by atoms with E-state index in [0.717, 1.165) is 5.56 Å². The highest BCUT2D eigenvalue weighted by molar-refractivity contribution is 6.31. The van der Waals surface area contributed by atoms with Crippen LogP contribution in [0.3, 0.4) is 0 Å². The number of benzene rings is 2. The molecule has 2 aromatic rings. The summed E-state index contributed by atoms with van der Waals surface area (Å²) in [6.45, 7) is 2.07. The smallest absolute Gasteiger partial charge is 0.255 e. The first-order chi connectivity index (χ1) is 10.0. The fraction of sp³-hybridized carbons (Fsp3) is 0.188. The lowest BCUT2D eigenvalue weighted by atomic mass is 10.1. The van der Waals surface area contributed by atoms with Crippen LogP contribution in [0.4, 0.5) is 0 Å². The van der Waals surface area contributed by atoms with Gasteiger partial charge in [0.2, 0.25) is 0 Å². The first kappa shape index (κ1) is 15.2. The summed E-state index contributed by atoms with van der Waals surface area (Å²) in [7, 11) is 1.55. The Morgan fingerprint density at radius 2 is 2.10 bits per heavy atom. The number of ether oxygens (including phenoxy) is 1. The molecule has 0 aliphatic rings. The van der Waals surface area contributed by atoms with Crippen LogP contribution >= 0.6 is 11.6 Å². The minimum absolute atomic E-state index is 0.0516. The molecule has 0 aromatic heterocycles. The van der Waals surface area contributed by atoms with Gasteiger partial charge < -0.3 is 15.2 Å². The van der Waals surface area contributed by atoms with Gasteiger partial charge in [-0.2, -0.15) is 0 Å². The molecule has 2 N–H and O–H groups in total. The molecule has 110 valence electrons. The molecule has 0 saturated carbocycles. The van der Waals surface area contributed by atoms with Crippen LogP contribution in [0.2, 0.25) is 5.02 Å². The lowest BCUT2D eigenvalue weighted by Gasteiger charge is -2.12. The van der Waals surface area contributed by atoms with Gasteiger partial charge in [-0.3, -0.25) is 4.79 Å². The second kappa shape index (κ2) is 6.50. The lowest BCUT2D eigenvalue weighted by Crippen LogP contribution is -2.23. The number of hydrogen-bond acceptors (Lipinski definition) is 3. The maximum atomic E-state index is 12.1. The fourth-order valence-corrected chi connectivity index (χ4v) is 2.23. The Balaban J connectivity index is 2.17. The molecule has 0 aliphatic carbocycles. The van der Waals surface area contributed by atoms with Crippen molar-refractivity contribution in [3.63, 3.8) is 0 Å². The number of amides is 1. The van der Waals surface area contributed by atoms with E-state index in [0.29, 0.717) is 16.3 Å². The number of aryl methyl sites for hydroxylation is 1. The van der Waals surface area contributed by atoms with Crippen molar-refractivity contribution in [3.05, 3.63) is 58.1 Å². The first-order valence-corrected chi connectivity index (χ1v) is 6.80. The summed E-state index contributed by atoms with van der Waals surface area (Å²) in [6, 6.07) is 10.2. The van der Waals surface area contributed by atoms with E-state index < -0.39 is 0 Å². The molecule has 0 spiro atoms. The predicted octanol–water partition coefficient (Wildman–Crippen LogP) is 3.29. The van der Waals surface area contributed by atoms with Gasteiger partial charge in [0, 0.05) is 17.1 Å². The van der Waals surface area contributed by atoms with E-state index in [-0.39, 0.29) is 23.8 Å². The number of aromatic hydroxyl groups is 1. The number of methoxy groups -OCH3 is 1. The minimum Gasteiger partial charge on any atom is -0.507 e. The third-order valence-corrected chi connectivity index (χ3v) is 3.47. The van der Waals surface area contributed by atoms with Crippen molar-refractivity contribution in [2.45, 2.75) is 13.5 Å². The fourth-order valence-electron chi connectivity index (χ4n) is 2.00. The van der Waals surface area contributed by atoms with Crippen molar-refractivity contribution in [2.24, 2.45) is 0 Å². The van der Waals surface area contributed by atoms with E-state index in [1.165, 1.54) is 6.07 Å². The Labute approximate surface area is 128 Å². The van der Waals surface area contributed by atoms with Gasteiger partial charge in [0.15, 0.2) is 0 Å². The molecular formula is C16H16ClNO3. The topological polar surface area (TPSA) is 58.6 Å². The first-order valence-electron chi connectivity index (χ1n) is 6.42. The van der Waals surface area contributed by atoms with E-state index in [9.17, 15) is 9.90 Å². The van der Waals surface area contributed by atoms with Crippen molar-refractivity contribution in [2.75, 3.05) is 7.11 Å². The third-order valence-electron chi connectivity index (χ3n) is 3.12. The predicted molar refractivity (Wildman–Crippen MR) is 82.0 cm³/mol. The molecule has 21 heavy (non-hydrogen) atoms. The minimum atomic E-state index is -0.363. The van der Waals surface area contributed by atoms with E-state index in [2.05, 4.69) is 5.32 Å². The normalized spacial score (nSPS) is 10.2. The number of hydrogen-bond donors (Lipinski definition) is 2. The molecular weight excluding hydrogens is 290 g/mol. The highest BCUT2D eigenvalue weighted by Crippen LogP contribution is 2.26. The van der Waals surface area contributed by atoms with Crippen molar-refractivity contribution in [1.29, 1.82) is 0 Å². The van der Waals surface area contributed by atoms with Gasteiger partial charge in [-0.25, -0.2) is 0 Å². The van der Waals surface area contributed by atoms with Crippen molar-refractivity contribution in [1.82, 2.24) is 5.32 Å². The summed E-state index contributed by atoms with van der Waals surface area (Å²) in [6.07, 6.45) is 0. The molecule has 1 amide bonds. The number of phenols is 1. The number of halogens is 1. The van der Waals surface area contributed by atoms with Crippen LogP contribution in [-0.4, -0.2) is 18.1 Å². The Kier molecular flexibility index (Phi) is 4.70. The van der Waals surface area contributed by atoms with E-state index >= 15 is 0 Å². The van der Waals surface area contributed by atoms with E-state index in [1.54, 1.807) is 37.4 Å². The van der Waals surface area contributed by atoms with Gasteiger partial charge in [0.05, 0.1) is 12.7 Å². The second-order valence-corrected chi connectivity index (χ2v) is 5.03. The molecule has 2 aromatic carbocycles. The van der Waals surface area contributed by atoms with Crippen LogP contribution in [0.5, 0.6) is 11.5 Å². The maximum Gasteiger partial charge on any atom is 0.255 e. The summed E-state index contributed by atoms with van der Waals surface area (Å²) in [5.41, 5.74) is 1.83. The maximum absolute atomic E-state index is 12.1. The molecule has 5 heteroatoms. The summed E-state index contributed by atoms with van der Waals surface area (Å²) in [5, 5.41) is 13.0. The molecule has 0 aliphatic heterocycles. The zero-order valence-corrected chi connectivity index (χ0v) is 12.6. The zero-order chi connectivity index (χ0) is 15.4. The molecule has 0 atom stereocenters. The Hall–Kier alpha value is -2.20. The zero-order valence-electron chi connectivity index (χ0n) is 11.8. The van der Waals surface area contributed by atoms with Gasteiger partial charge >= 0.3 is 0 Å². The van der Waals surface area contributed by atoms with Crippen molar-refractivity contribution >= 4 is 17.5 Å². The molecule has 0 heterocycles. The van der Waals surface area contributed by atoms with Gasteiger partial charge in [-0.1, -0.05) is 29.3 Å². The number of rotatable bonds is 4. The largest absolute Gasteiger partial charge is 0.507 e. The molecule has 0 saturated heterocycles. The average Bonchev–Trinajstić information content (AvgIpc) is 2.47. The lowest BCUT2D eigenvalue weighted by molar-refractivity contribution is 0.0948. The number of carbonyl (C=O) groups excluding carboxylic acids is 1. The van der Waals surface area contributed by atoms with Crippen molar-refractivity contribution < 1.29 is 14.6 Å². The van der Waals surface area contributed by atoms with Crippen LogP contribution in [0.25, 0.3) is 0 Å². The SMILES string of the molecule is COc1cccc(Cl)c1CNC(=O)c1cc(C)ccc1O. The van der Waals surface area contributed by atoms with Crippen LogP contribution in [0.1, 0.15) is 21.5 Å². The Morgan fingerprint density at radius 1 is 1.33 bits per heavy atom. The quantitative estimate of drug-likeness (QED) is 0.911. The van der Waals surface area contributed by atoms with E-state index in [1.807, 2.05) is 6.92 Å². The van der Waals surface area contributed by atoms with Gasteiger partial charge in [-0.05, 0) is 31.2 Å². The highest BCUT2D eigenvalue weighted by Gasteiger charge is 2.13. The summed E-state index contributed by atoms with van der Waals surface area (Å²) in [4.78, 5) is 12.1. The molecule has 4 nitrogen and oxygen atoms in total. The van der Waals surface area contributed by atoms with Gasteiger partial charge in [-0.15, -0.1) is 0 Å². The molecule has 0 radical (unpaired) electrons. The molecule has 0 fully saturated rings. The second-order valence-electron chi connectivity index (χ2n) is 4.62. The molecule has 2 rings (SSSR count). The Morgan fingerprint density at radius 3 is 2.81 bits per heavy atom. The average molecular weight is 306 g/mol. The number of nitrogens with one attached hydrogen (secondary N) is 1. The van der Waals surface area contributed by atoms with E-state index in [4.69, 9.17) is 16.3 Å². The Bertz CT molecular complexity index is 671. The van der Waals surface area contributed by atoms with Crippen LogP contribution in [0.15, 0.2) is 36.4 Å². The van der Waals surface area contributed by atoms with Crippen molar-refractivity contribution in [3.8, 4) is 11.5 Å². The molecule has 0 unspecified atom stereocenters. The third kappa shape index (κ3) is 3.47. The summed E-state index contributed by atoms with van der Waals surface area (Å²) in [5.74, 6) is 0.193. The monoisotopic (exact) mass is 305 g/mol. The standard InChI is InChI=1S/C16H16ClNO3/c1-10-6-7-14(19)11(8-10)16(20)18-9-12-13(17)4-3-5-15(12)21-2/h3-8,19H,9H2,1-2H3,(H,18,20). The number of carbonyl (C=O) groups is 1. The summed E-state index contributed by atoms with van der Waals surface area (Å²) < 4.78 is 5.22. The van der Waals surface area contributed by atoms with Crippen LogP contribution < -0.4 is 10.1 Å². The van der Waals surface area contributed by atoms with Crippen LogP contribution in [0, 0.1) is 6.92 Å².